The Morgan fingerprint density at radius 3 is 2.61 bits per heavy atom. The number of piperazine rings is 1. The van der Waals surface area contributed by atoms with Crippen molar-refractivity contribution in [3.8, 4) is 0 Å². The molecule has 1 unspecified atom stereocenters. The van der Waals surface area contributed by atoms with Crippen LogP contribution in [0.15, 0.2) is 11.4 Å². The van der Waals surface area contributed by atoms with Crippen molar-refractivity contribution in [3.05, 3.63) is 21.9 Å². The van der Waals surface area contributed by atoms with Gasteiger partial charge < -0.3 is 5.11 Å². The predicted molar refractivity (Wildman–Crippen MR) is 73.1 cm³/mol. The molecule has 1 saturated heterocycles. The standard InChI is InChI=1S/C13H20N2O2S/c1-10-3-8-18-13(10)11(2)15-6-4-14(5-7-15)9-12(16)17/h3,8,11H,4-7,9H2,1-2H3,(H,16,17). The summed E-state index contributed by atoms with van der Waals surface area (Å²) in [6.07, 6.45) is 0. The number of carbonyl (C=O) groups is 1. The first-order valence-corrected chi connectivity index (χ1v) is 7.18. The minimum absolute atomic E-state index is 0.167. The van der Waals surface area contributed by atoms with Crippen LogP contribution in [0.4, 0.5) is 0 Å². The summed E-state index contributed by atoms with van der Waals surface area (Å²) in [6.45, 7) is 8.16. The Hall–Kier alpha value is -0.910. The van der Waals surface area contributed by atoms with Crippen LogP contribution >= 0.6 is 11.3 Å². The van der Waals surface area contributed by atoms with Gasteiger partial charge in [0.1, 0.15) is 0 Å². The normalized spacial score (nSPS) is 19.9. The molecule has 18 heavy (non-hydrogen) atoms. The van der Waals surface area contributed by atoms with Gasteiger partial charge >= 0.3 is 5.97 Å². The molecule has 0 spiro atoms. The summed E-state index contributed by atoms with van der Waals surface area (Å²) < 4.78 is 0. The van der Waals surface area contributed by atoms with E-state index >= 15 is 0 Å². The van der Waals surface area contributed by atoms with Crippen molar-refractivity contribution in [2.75, 3.05) is 32.7 Å². The molecule has 0 radical (unpaired) electrons. The van der Waals surface area contributed by atoms with Crippen molar-refractivity contribution >= 4 is 17.3 Å². The minimum atomic E-state index is -0.731. The summed E-state index contributed by atoms with van der Waals surface area (Å²) in [5, 5.41) is 10.9. The van der Waals surface area contributed by atoms with E-state index < -0.39 is 5.97 Å². The molecule has 4 nitrogen and oxygen atoms in total. The number of aryl methyl sites for hydroxylation is 1. The summed E-state index contributed by atoms with van der Waals surface area (Å²) >= 11 is 1.81. The summed E-state index contributed by atoms with van der Waals surface area (Å²) in [4.78, 5) is 16.5. The van der Waals surface area contributed by atoms with E-state index in [1.165, 1.54) is 10.4 Å². The number of nitrogens with zero attached hydrogens (tertiary/aromatic N) is 2. The summed E-state index contributed by atoms with van der Waals surface area (Å²) in [7, 11) is 0. The Labute approximate surface area is 112 Å². The van der Waals surface area contributed by atoms with E-state index in [0.717, 1.165) is 26.2 Å². The molecular formula is C13H20N2O2S. The first-order chi connectivity index (χ1) is 8.58. The number of rotatable bonds is 4. The Kier molecular flexibility index (Phi) is 4.37. The molecular weight excluding hydrogens is 248 g/mol. The van der Waals surface area contributed by atoms with Gasteiger partial charge in [0.25, 0.3) is 0 Å². The van der Waals surface area contributed by atoms with Gasteiger partial charge in [-0.2, -0.15) is 0 Å². The highest BCUT2D eigenvalue weighted by atomic mass is 32.1. The number of thiophene rings is 1. The molecule has 1 atom stereocenters. The number of carboxylic acid groups (broad SMARTS) is 1. The maximum atomic E-state index is 10.7. The fourth-order valence-corrected chi connectivity index (χ4v) is 3.50. The topological polar surface area (TPSA) is 43.8 Å². The Balaban J connectivity index is 1.90. The van der Waals surface area contributed by atoms with E-state index in [2.05, 4.69) is 30.2 Å². The molecule has 1 aromatic heterocycles. The van der Waals surface area contributed by atoms with Crippen LogP contribution in [-0.4, -0.2) is 53.6 Å². The zero-order valence-corrected chi connectivity index (χ0v) is 11.7. The van der Waals surface area contributed by atoms with Crippen LogP contribution in [0, 0.1) is 6.92 Å². The lowest BCUT2D eigenvalue weighted by atomic mass is 10.1. The first-order valence-electron chi connectivity index (χ1n) is 6.30. The average Bonchev–Trinajstić information content (AvgIpc) is 2.75. The molecule has 0 aromatic carbocycles. The lowest BCUT2D eigenvalue weighted by molar-refractivity contribution is -0.138. The second-order valence-corrected chi connectivity index (χ2v) is 5.80. The first kappa shape index (κ1) is 13.5. The quantitative estimate of drug-likeness (QED) is 0.904. The lowest BCUT2D eigenvalue weighted by Gasteiger charge is -2.37. The molecule has 2 heterocycles. The van der Waals surface area contributed by atoms with Gasteiger partial charge in [0.05, 0.1) is 6.54 Å². The van der Waals surface area contributed by atoms with Gasteiger partial charge in [0.15, 0.2) is 0 Å². The zero-order chi connectivity index (χ0) is 13.1. The van der Waals surface area contributed by atoms with Crippen LogP contribution in [0.2, 0.25) is 0 Å². The zero-order valence-electron chi connectivity index (χ0n) is 10.9. The van der Waals surface area contributed by atoms with Crippen molar-refractivity contribution in [1.82, 2.24) is 9.80 Å². The molecule has 1 aliphatic heterocycles. The molecule has 1 aliphatic rings. The molecule has 1 N–H and O–H groups in total. The fourth-order valence-electron chi connectivity index (χ4n) is 2.48. The van der Waals surface area contributed by atoms with Gasteiger partial charge in [-0.15, -0.1) is 11.3 Å². The number of carboxylic acids is 1. The SMILES string of the molecule is Cc1ccsc1C(C)N1CCN(CC(=O)O)CC1. The van der Waals surface area contributed by atoms with Crippen LogP contribution in [-0.2, 0) is 4.79 Å². The molecule has 0 amide bonds. The van der Waals surface area contributed by atoms with Gasteiger partial charge in [0.2, 0.25) is 0 Å². The largest absolute Gasteiger partial charge is 0.480 e. The minimum Gasteiger partial charge on any atom is -0.480 e. The molecule has 2 rings (SSSR count). The van der Waals surface area contributed by atoms with Crippen LogP contribution in [0.3, 0.4) is 0 Å². The van der Waals surface area contributed by atoms with Gasteiger partial charge in [-0.1, -0.05) is 0 Å². The fraction of sp³-hybridized carbons (Fsp3) is 0.615. The average molecular weight is 268 g/mol. The highest BCUT2D eigenvalue weighted by Crippen LogP contribution is 2.28. The van der Waals surface area contributed by atoms with Crippen molar-refractivity contribution in [3.63, 3.8) is 0 Å². The van der Waals surface area contributed by atoms with Crippen LogP contribution in [0.25, 0.3) is 0 Å². The van der Waals surface area contributed by atoms with E-state index in [1.54, 1.807) is 0 Å². The summed E-state index contributed by atoms with van der Waals surface area (Å²) in [6, 6.07) is 2.61. The van der Waals surface area contributed by atoms with E-state index in [4.69, 9.17) is 5.11 Å². The highest BCUT2D eigenvalue weighted by molar-refractivity contribution is 7.10. The van der Waals surface area contributed by atoms with Gasteiger partial charge in [-0.3, -0.25) is 14.6 Å². The van der Waals surface area contributed by atoms with E-state index in [-0.39, 0.29) is 6.54 Å². The maximum Gasteiger partial charge on any atom is 0.317 e. The lowest BCUT2D eigenvalue weighted by Crippen LogP contribution is -2.48. The molecule has 100 valence electrons. The smallest absolute Gasteiger partial charge is 0.317 e. The third-order valence-corrected chi connectivity index (χ3v) is 4.78. The highest BCUT2D eigenvalue weighted by Gasteiger charge is 2.24. The monoisotopic (exact) mass is 268 g/mol. The second kappa shape index (κ2) is 5.82. The van der Waals surface area contributed by atoms with Crippen LogP contribution < -0.4 is 0 Å². The van der Waals surface area contributed by atoms with Crippen molar-refractivity contribution < 1.29 is 9.90 Å². The Morgan fingerprint density at radius 1 is 1.44 bits per heavy atom. The second-order valence-electron chi connectivity index (χ2n) is 4.85. The maximum absolute atomic E-state index is 10.7. The molecule has 0 saturated carbocycles. The molecule has 1 aromatic rings. The number of aliphatic carboxylic acids is 1. The number of hydrogen-bond acceptors (Lipinski definition) is 4. The van der Waals surface area contributed by atoms with Gasteiger partial charge in [0, 0.05) is 37.1 Å². The third-order valence-electron chi connectivity index (χ3n) is 3.59. The van der Waals surface area contributed by atoms with Crippen LogP contribution in [0.5, 0.6) is 0 Å². The van der Waals surface area contributed by atoms with Gasteiger partial charge in [-0.05, 0) is 30.9 Å². The Morgan fingerprint density at radius 2 is 2.11 bits per heavy atom. The summed E-state index contributed by atoms with van der Waals surface area (Å²) in [5.41, 5.74) is 1.36. The summed E-state index contributed by atoms with van der Waals surface area (Å²) in [5.74, 6) is -0.731. The van der Waals surface area contributed by atoms with Gasteiger partial charge in [-0.25, -0.2) is 0 Å². The Bertz CT molecular complexity index is 411. The van der Waals surface area contributed by atoms with Crippen molar-refractivity contribution in [1.29, 1.82) is 0 Å². The van der Waals surface area contributed by atoms with Crippen LogP contribution in [0.1, 0.15) is 23.4 Å². The number of hydrogen-bond donors (Lipinski definition) is 1. The molecule has 0 bridgehead atoms. The molecule has 0 aliphatic carbocycles. The molecule has 5 heteroatoms. The van der Waals surface area contributed by atoms with E-state index in [1.807, 2.05) is 16.2 Å². The third kappa shape index (κ3) is 3.10. The van der Waals surface area contributed by atoms with Crippen molar-refractivity contribution in [2.45, 2.75) is 19.9 Å². The predicted octanol–water partition coefficient (Wildman–Crippen LogP) is 1.82. The van der Waals surface area contributed by atoms with Crippen molar-refractivity contribution in [2.24, 2.45) is 0 Å². The van der Waals surface area contributed by atoms with E-state index in [0.29, 0.717) is 6.04 Å². The molecule has 1 fully saturated rings. The van der Waals surface area contributed by atoms with E-state index in [9.17, 15) is 4.79 Å².